The largest absolute Gasteiger partial charge is 0.496 e. The van der Waals surface area contributed by atoms with E-state index in [4.69, 9.17) is 9.47 Å². The van der Waals surface area contributed by atoms with E-state index in [-0.39, 0.29) is 5.69 Å². The van der Waals surface area contributed by atoms with Crippen LogP contribution in [-0.2, 0) is 6.54 Å². The van der Waals surface area contributed by atoms with E-state index >= 15 is 0 Å². The summed E-state index contributed by atoms with van der Waals surface area (Å²) in [6.45, 7) is 3.79. The fraction of sp³-hybridized carbons (Fsp3) is 0.333. The topological polar surface area (TPSA) is 64.8 Å². The number of hydrogen-bond acceptors (Lipinski definition) is 5. The van der Waals surface area contributed by atoms with Gasteiger partial charge in [0.2, 0.25) is 0 Å². The number of nitro groups is 1. The Bertz CT molecular complexity index is 703. The van der Waals surface area contributed by atoms with Crippen molar-refractivity contribution in [3.63, 3.8) is 0 Å². The van der Waals surface area contributed by atoms with E-state index in [9.17, 15) is 10.1 Å². The van der Waals surface area contributed by atoms with Crippen molar-refractivity contribution in [1.82, 2.24) is 4.90 Å². The fourth-order valence-corrected chi connectivity index (χ4v) is 2.40. The monoisotopic (exact) mass is 330 g/mol. The van der Waals surface area contributed by atoms with Gasteiger partial charge in [0, 0.05) is 30.8 Å². The van der Waals surface area contributed by atoms with E-state index in [1.165, 1.54) is 6.07 Å². The van der Waals surface area contributed by atoms with Crippen LogP contribution in [0.4, 0.5) is 5.69 Å². The molecule has 0 spiro atoms. The van der Waals surface area contributed by atoms with E-state index in [1.54, 1.807) is 19.2 Å². The van der Waals surface area contributed by atoms with Gasteiger partial charge in [-0.3, -0.25) is 15.0 Å². The molecule has 2 aromatic carbocycles. The lowest BCUT2D eigenvalue weighted by molar-refractivity contribution is -0.384. The van der Waals surface area contributed by atoms with Gasteiger partial charge < -0.3 is 9.47 Å². The summed E-state index contributed by atoms with van der Waals surface area (Å²) in [5.74, 6) is 1.52. The first-order chi connectivity index (χ1) is 11.5. The zero-order valence-corrected chi connectivity index (χ0v) is 14.2. The maximum Gasteiger partial charge on any atom is 0.270 e. The predicted octanol–water partition coefficient (Wildman–Crippen LogP) is 3.42. The number of benzene rings is 2. The lowest BCUT2D eigenvalue weighted by Crippen LogP contribution is -2.24. The van der Waals surface area contributed by atoms with Crippen LogP contribution in [-0.4, -0.2) is 37.1 Å². The highest BCUT2D eigenvalue weighted by atomic mass is 16.6. The number of nitrogens with zero attached hydrogens (tertiary/aromatic N) is 2. The fourth-order valence-electron chi connectivity index (χ4n) is 2.40. The summed E-state index contributed by atoms with van der Waals surface area (Å²) in [5.41, 5.74) is 1.95. The average molecular weight is 330 g/mol. The van der Waals surface area contributed by atoms with Gasteiger partial charge in [-0.2, -0.15) is 0 Å². The number of para-hydroxylation sites is 1. The van der Waals surface area contributed by atoms with Crippen LogP contribution in [0, 0.1) is 17.0 Å². The molecular weight excluding hydrogens is 308 g/mol. The Labute approximate surface area is 141 Å². The van der Waals surface area contributed by atoms with Crippen LogP contribution < -0.4 is 9.47 Å². The molecule has 2 aromatic rings. The second-order valence-corrected chi connectivity index (χ2v) is 5.61. The molecule has 0 aliphatic heterocycles. The molecule has 24 heavy (non-hydrogen) atoms. The molecule has 6 nitrogen and oxygen atoms in total. The highest BCUT2D eigenvalue weighted by Gasteiger charge is 2.13. The van der Waals surface area contributed by atoms with Crippen molar-refractivity contribution < 1.29 is 14.4 Å². The van der Waals surface area contributed by atoms with Gasteiger partial charge in [-0.1, -0.05) is 18.2 Å². The standard InChI is InChI=1S/C18H22N2O4/c1-14-6-4-5-7-17(14)24-11-10-19(2)13-15-12-16(20(21)22)8-9-18(15)23-3/h4-9,12H,10-11,13H2,1-3H3. The molecule has 128 valence electrons. The van der Waals surface area contributed by atoms with Crippen molar-refractivity contribution in [2.45, 2.75) is 13.5 Å². The first kappa shape index (κ1) is 17.7. The van der Waals surface area contributed by atoms with Crippen molar-refractivity contribution in [3.8, 4) is 11.5 Å². The number of aryl methyl sites for hydroxylation is 1. The zero-order valence-electron chi connectivity index (χ0n) is 14.2. The van der Waals surface area contributed by atoms with Crippen molar-refractivity contribution in [3.05, 3.63) is 63.7 Å². The highest BCUT2D eigenvalue weighted by Crippen LogP contribution is 2.25. The van der Waals surface area contributed by atoms with E-state index in [2.05, 4.69) is 0 Å². The van der Waals surface area contributed by atoms with Crippen LogP contribution in [0.1, 0.15) is 11.1 Å². The second kappa shape index (κ2) is 8.31. The second-order valence-electron chi connectivity index (χ2n) is 5.61. The van der Waals surface area contributed by atoms with Crippen LogP contribution in [0.15, 0.2) is 42.5 Å². The highest BCUT2D eigenvalue weighted by molar-refractivity contribution is 5.43. The van der Waals surface area contributed by atoms with Crippen molar-refractivity contribution in [2.75, 3.05) is 27.3 Å². The van der Waals surface area contributed by atoms with Gasteiger partial charge in [0.25, 0.3) is 5.69 Å². The van der Waals surface area contributed by atoms with Crippen LogP contribution >= 0.6 is 0 Å². The summed E-state index contributed by atoms with van der Waals surface area (Å²) < 4.78 is 11.1. The Kier molecular flexibility index (Phi) is 6.14. The van der Waals surface area contributed by atoms with Crippen molar-refractivity contribution in [1.29, 1.82) is 0 Å². The Morgan fingerprint density at radius 3 is 2.58 bits per heavy atom. The maximum atomic E-state index is 10.9. The van der Waals surface area contributed by atoms with Crippen LogP contribution in [0.5, 0.6) is 11.5 Å². The smallest absolute Gasteiger partial charge is 0.270 e. The molecule has 0 aromatic heterocycles. The summed E-state index contributed by atoms with van der Waals surface area (Å²) >= 11 is 0. The Morgan fingerprint density at radius 1 is 1.17 bits per heavy atom. The summed E-state index contributed by atoms with van der Waals surface area (Å²) in [6, 6.07) is 12.5. The van der Waals surface area contributed by atoms with Crippen LogP contribution in [0.2, 0.25) is 0 Å². The SMILES string of the molecule is COc1ccc([N+](=O)[O-])cc1CN(C)CCOc1ccccc1C. The molecule has 0 amide bonds. The number of non-ortho nitro benzene ring substituents is 1. The van der Waals surface area contributed by atoms with E-state index in [0.717, 1.165) is 16.9 Å². The minimum absolute atomic E-state index is 0.0651. The number of methoxy groups -OCH3 is 1. The van der Waals surface area contributed by atoms with Crippen LogP contribution in [0.3, 0.4) is 0 Å². The maximum absolute atomic E-state index is 10.9. The quantitative estimate of drug-likeness (QED) is 0.548. The zero-order chi connectivity index (χ0) is 17.5. The molecule has 2 rings (SSSR count). The van der Waals surface area contributed by atoms with Gasteiger partial charge >= 0.3 is 0 Å². The Balaban J connectivity index is 1.94. The predicted molar refractivity (Wildman–Crippen MR) is 92.7 cm³/mol. The van der Waals surface area contributed by atoms with Gasteiger partial charge in [-0.15, -0.1) is 0 Å². The molecule has 0 heterocycles. The molecule has 0 bridgehead atoms. The molecule has 0 aliphatic carbocycles. The van der Waals surface area contributed by atoms with Crippen LogP contribution in [0.25, 0.3) is 0 Å². The van der Waals surface area contributed by atoms with E-state index in [1.807, 2.05) is 43.1 Å². The molecule has 0 saturated heterocycles. The summed E-state index contributed by atoms with van der Waals surface area (Å²) in [6.07, 6.45) is 0. The lowest BCUT2D eigenvalue weighted by Gasteiger charge is -2.19. The summed E-state index contributed by atoms with van der Waals surface area (Å²) in [4.78, 5) is 12.6. The van der Waals surface area contributed by atoms with Gasteiger partial charge in [0.05, 0.1) is 12.0 Å². The average Bonchev–Trinajstić information content (AvgIpc) is 2.56. The van der Waals surface area contributed by atoms with Gasteiger partial charge in [-0.05, 0) is 31.7 Å². The first-order valence-corrected chi connectivity index (χ1v) is 7.69. The molecule has 0 fully saturated rings. The Hall–Kier alpha value is -2.60. The number of rotatable bonds is 8. The molecule has 0 unspecified atom stereocenters. The molecule has 0 atom stereocenters. The molecule has 0 aliphatic rings. The summed E-state index contributed by atoms with van der Waals surface area (Å²) in [5, 5.41) is 10.9. The normalized spacial score (nSPS) is 10.7. The van der Waals surface area contributed by atoms with Crippen molar-refractivity contribution in [2.24, 2.45) is 0 Å². The van der Waals surface area contributed by atoms with Gasteiger partial charge in [-0.25, -0.2) is 0 Å². The van der Waals surface area contributed by atoms with Gasteiger partial charge in [0.1, 0.15) is 18.1 Å². The first-order valence-electron chi connectivity index (χ1n) is 7.69. The lowest BCUT2D eigenvalue weighted by atomic mass is 10.1. The number of likely N-dealkylation sites (N-methyl/N-ethyl adjacent to an activating group) is 1. The molecule has 0 saturated carbocycles. The summed E-state index contributed by atoms with van der Waals surface area (Å²) in [7, 11) is 3.51. The third kappa shape index (κ3) is 4.70. The third-order valence-corrected chi connectivity index (χ3v) is 3.74. The number of nitro benzene ring substituents is 1. The molecule has 0 N–H and O–H groups in total. The number of ether oxygens (including phenoxy) is 2. The van der Waals surface area contributed by atoms with E-state index < -0.39 is 4.92 Å². The Morgan fingerprint density at radius 2 is 1.92 bits per heavy atom. The minimum atomic E-state index is -0.399. The molecule has 6 heteroatoms. The van der Waals surface area contributed by atoms with Gasteiger partial charge in [0.15, 0.2) is 0 Å². The van der Waals surface area contributed by atoms with Crippen molar-refractivity contribution >= 4 is 5.69 Å². The molecule has 0 radical (unpaired) electrons. The minimum Gasteiger partial charge on any atom is -0.496 e. The number of hydrogen-bond donors (Lipinski definition) is 0. The molecular formula is C18H22N2O4. The third-order valence-electron chi connectivity index (χ3n) is 3.74. The van der Waals surface area contributed by atoms with E-state index in [0.29, 0.717) is 25.4 Å².